The molecule has 0 unspecified atom stereocenters. The van der Waals surface area contributed by atoms with Crippen molar-refractivity contribution < 1.29 is 14.2 Å². The SMILES string of the molecule is Cc1noc(C)c1C(=O)O/N=C(/N)c1ccc(Cl)cc1. The molecule has 0 radical (unpaired) electrons. The van der Waals surface area contributed by atoms with E-state index >= 15 is 0 Å². The van der Waals surface area contributed by atoms with Crippen LogP contribution in [0.3, 0.4) is 0 Å². The van der Waals surface area contributed by atoms with Gasteiger partial charge in [0.1, 0.15) is 11.3 Å². The van der Waals surface area contributed by atoms with Gasteiger partial charge >= 0.3 is 5.97 Å². The van der Waals surface area contributed by atoms with Gasteiger partial charge in [0, 0.05) is 10.6 Å². The number of carbonyl (C=O) groups excluding carboxylic acids is 1. The first-order valence-electron chi connectivity index (χ1n) is 5.72. The van der Waals surface area contributed by atoms with Crippen LogP contribution in [-0.4, -0.2) is 17.0 Å². The summed E-state index contributed by atoms with van der Waals surface area (Å²) in [4.78, 5) is 16.6. The molecular formula is C13H12ClN3O3. The average molecular weight is 294 g/mol. The Morgan fingerprint density at radius 2 is 2.00 bits per heavy atom. The second kappa shape index (κ2) is 5.75. The molecule has 0 fully saturated rings. The maximum Gasteiger partial charge on any atom is 0.371 e. The summed E-state index contributed by atoms with van der Waals surface area (Å²) in [5.74, 6) is -0.229. The van der Waals surface area contributed by atoms with Crippen LogP contribution in [0.15, 0.2) is 33.9 Å². The Morgan fingerprint density at radius 3 is 2.55 bits per heavy atom. The Labute approximate surface area is 120 Å². The number of halogens is 1. The van der Waals surface area contributed by atoms with Gasteiger partial charge in [-0.05, 0) is 38.1 Å². The Hall–Kier alpha value is -2.34. The molecule has 1 heterocycles. The van der Waals surface area contributed by atoms with Gasteiger partial charge in [-0.3, -0.25) is 0 Å². The summed E-state index contributed by atoms with van der Waals surface area (Å²) in [5.41, 5.74) is 7.00. The molecule has 0 spiro atoms. The van der Waals surface area contributed by atoms with E-state index in [2.05, 4.69) is 10.3 Å². The van der Waals surface area contributed by atoms with Crippen LogP contribution in [0.2, 0.25) is 5.02 Å². The summed E-state index contributed by atoms with van der Waals surface area (Å²) in [5, 5.41) is 7.83. The number of hydrogen-bond acceptors (Lipinski definition) is 5. The quantitative estimate of drug-likeness (QED) is 0.406. The van der Waals surface area contributed by atoms with Crippen LogP contribution in [0.25, 0.3) is 0 Å². The summed E-state index contributed by atoms with van der Waals surface area (Å²) in [6.07, 6.45) is 0. The van der Waals surface area contributed by atoms with Gasteiger partial charge in [0.25, 0.3) is 0 Å². The lowest BCUT2D eigenvalue weighted by molar-refractivity contribution is 0.0513. The minimum absolute atomic E-state index is 0.0711. The third-order valence-electron chi connectivity index (χ3n) is 2.60. The summed E-state index contributed by atoms with van der Waals surface area (Å²) in [7, 11) is 0. The molecule has 7 heteroatoms. The van der Waals surface area contributed by atoms with Crippen LogP contribution in [-0.2, 0) is 4.84 Å². The van der Waals surface area contributed by atoms with Crippen molar-refractivity contribution in [3.63, 3.8) is 0 Å². The Bertz CT molecular complexity index is 643. The second-order valence-corrected chi connectivity index (χ2v) is 4.50. The van der Waals surface area contributed by atoms with Crippen molar-refractivity contribution >= 4 is 23.4 Å². The number of carbonyl (C=O) groups is 1. The lowest BCUT2D eigenvalue weighted by Crippen LogP contribution is -2.15. The molecule has 2 N–H and O–H groups in total. The van der Waals surface area contributed by atoms with Crippen molar-refractivity contribution in [1.29, 1.82) is 0 Å². The number of rotatable bonds is 3. The van der Waals surface area contributed by atoms with Gasteiger partial charge in [-0.1, -0.05) is 21.9 Å². The summed E-state index contributed by atoms with van der Waals surface area (Å²) in [6.45, 7) is 3.25. The van der Waals surface area contributed by atoms with Gasteiger partial charge < -0.3 is 15.1 Å². The number of aromatic nitrogens is 1. The monoisotopic (exact) mass is 293 g/mol. The van der Waals surface area contributed by atoms with Crippen LogP contribution in [0.1, 0.15) is 27.4 Å². The first-order valence-corrected chi connectivity index (χ1v) is 6.10. The van der Waals surface area contributed by atoms with E-state index in [0.717, 1.165) is 0 Å². The topological polar surface area (TPSA) is 90.7 Å². The fourth-order valence-electron chi connectivity index (χ4n) is 1.58. The predicted molar refractivity (Wildman–Crippen MR) is 73.6 cm³/mol. The van der Waals surface area contributed by atoms with Crippen LogP contribution in [0, 0.1) is 13.8 Å². The first-order chi connectivity index (χ1) is 9.49. The molecule has 0 aliphatic rings. The molecule has 0 amide bonds. The van der Waals surface area contributed by atoms with Crippen molar-refractivity contribution in [2.24, 2.45) is 10.9 Å². The summed E-state index contributed by atoms with van der Waals surface area (Å²) in [6, 6.07) is 6.67. The highest BCUT2D eigenvalue weighted by molar-refractivity contribution is 6.30. The van der Waals surface area contributed by atoms with Gasteiger partial charge in [-0.25, -0.2) is 4.79 Å². The van der Waals surface area contributed by atoms with Crippen molar-refractivity contribution in [2.45, 2.75) is 13.8 Å². The maximum atomic E-state index is 11.8. The molecule has 0 bridgehead atoms. The number of aryl methyl sites for hydroxylation is 2. The fraction of sp³-hybridized carbons (Fsp3) is 0.154. The number of hydrogen-bond donors (Lipinski definition) is 1. The minimum atomic E-state index is -0.668. The Morgan fingerprint density at radius 1 is 1.35 bits per heavy atom. The molecule has 0 atom stereocenters. The molecular weight excluding hydrogens is 282 g/mol. The van der Waals surface area contributed by atoms with Gasteiger partial charge in [0.15, 0.2) is 5.84 Å². The van der Waals surface area contributed by atoms with Crippen molar-refractivity contribution in [3.8, 4) is 0 Å². The van der Waals surface area contributed by atoms with Crippen LogP contribution >= 0.6 is 11.6 Å². The van der Waals surface area contributed by atoms with E-state index in [4.69, 9.17) is 26.7 Å². The van der Waals surface area contributed by atoms with Crippen LogP contribution < -0.4 is 5.73 Å². The average Bonchev–Trinajstić information content (AvgIpc) is 2.76. The normalized spacial score (nSPS) is 11.4. The minimum Gasteiger partial charge on any atom is -0.380 e. The summed E-state index contributed by atoms with van der Waals surface area (Å²) < 4.78 is 4.88. The molecule has 0 aliphatic carbocycles. The van der Waals surface area contributed by atoms with Crippen molar-refractivity contribution in [2.75, 3.05) is 0 Å². The third kappa shape index (κ3) is 2.97. The van der Waals surface area contributed by atoms with E-state index in [9.17, 15) is 4.79 Å². The zero-order chi connectivity index (χ0) is 14.7. The number of amidine groups is 1. The zero-order valence-electron chi connectivity index (χ0n) is 10.9. The zero-order valence-corrected chi connectivity index (χ0v) is 11.6. The smallest absolute Gasteiger partial charge is 0.371 e. The highest BCUT2D eigenvalue weighted by atomic mass is 35.5. The van der Waals surface area contributed by atoms with Gasteiger partial charge in [-0.2, -0.15) is 0 Å². The van der Waals surface area contributed by atoms with Gasteiger partial charge in [0.05, 0.1) is 5.69 Å². The first kappa shape index (κ1) is 14.1. The highest BCUT2D eigenvalue weighted by Gasteiger charge is 2.19. The second-order valence-electron chi connectivity index (χ2n) is 4.06. The van der Waals surface area contributed by atoms with Crippen LogP contribution in [0.4, 0.5) is 0 Å². The van der Waals surface area contributed by atoms with E-state index in [1.54, 1.807) is 38.1 Å². The third-order valence-corrected chi connectivity index (χ3v) is 2.86. The number of oxime groups is 1. The summed E-state index contributed by atoms with van der Waals surface area (Å²) >= 11 is 5.76. The Kier molecular flexibility index (Phi) is 4.05. The Balaban J connectivity index is 2.13. The van der Waals surface area contributed by atoms with Gasteiger partial charge in [0.2, 0.25) is 0 Å². The van der Waals surface area contributed by atoms with Gasteiger partial charge in [-0.15, -0.1) is 0 Å². The van der Waals surface area contributed by atoms with E-state index in [-0.39, 0.29) is 11.4 Å². The van der Waals surface area contributed by atoms with Crippen LogP contribution in [0.5, 0.6) is 0 Å². The molecule has 20 heavy (non-hydrogen) atoms. The molecule has 0 aliphatic heterocycles. The fourth-order valence-corrected chi connectivity index (χ4v) is 1.71. The number of benzene rings is 1. The van der Waals surface area contributed by atoms with E-state index < -0.39 is 5.97 Å². The highest BCUT2D eigenvalue weighted by Crippen LogP contribution is 2.14. The molecule has 2 rings (SSSR count). The molecule has 1 aromatic carbocycles. The maximum absolute atomic E-state index is 11.8. The number of nitrogens with two attached hydrogens (primary N) is 1. The van der Waals surface area contributed by atoms with E-state index in [1.807, 2.05) is 0 Å². The molecule has 2 aromatic rings. The lowest BCUT2D eigenvalue weighted by Gasteiger charge is -2.01. The lowest BCUT2D eigenvalue weighted by atomic mass is 10.2. The number of nitrogens with zero attached hydrogens (tertiary/aromatic N) is 2. The molecule has 1 aromatic heterocycles. The predicted octanol–water partition coefficient (Wildman–Crippen LogP) is 2.42. The molecule has 0 saturated carbocycles. The van der Waals surface area contributed by atoms with E-state index in [0.29, 0.717) is 22.0 Å². The standard InChI is InChI=1S/C13H12ClN3O3/c1-7-11(8(2)19-16-7)13(18)20-17-12(15)9-3-5-10(14)6-4-9/h3-6H,1-2H3,(H2,15,17). The largest absolute Gasteiger partial charge is 0.380 e. The molecule has 0 saturated heterocycles. The van der Waals surface area contributed by atoms with Crippen molar-refractivity contribution in [3.05, 3.63) is 51.9 Å². The molecule has 6 nitrogen and oxygen atoms in total. The van der Waals surface area contributed by atoms with E-state index in [1.165, 1.54) is 0 Å². The molecule has 104 valence electrons. The van der Waals surface area contributed by atoms with Crippen molar-refractivity contribution in [1.82, 2.24) is 5.16 Å².